The second-order valence-electron chi connectivity index (χ2n) is 4.23. The van der Waals surface area contributed by atoms with Crippen molar-refractivity contribution in [3.05, 3.63) is 29.8 Å². The zero-order valence-corrected chi connectivity index (χ0v) is 10.6. The van der Waals surface area contributed by atoms with Gasteiger partial charge in [-0.2, -0.15) is 0 Å². The summed E-state index contributed by atoms with van der Waals surface area (Å²) in [5.74, 6) is 1.69. The Hall–Kier alpha value is -1.84. The second-order valence-corrected chi connectivity index (χ2v) is 4.23. The Morgan fingerprint density at radius 2 is 2.06 bits per heavy atom. The van der Waals surface area contributed by atoms with Crippen molar-refractivity contribution < 1.29 is 0 Å². The molecule has 90 valence electrons. The van der Waals surface area contributed by atoms with Gasteiger partial charge in [0.15, 0.2) is 0 Å². The molecule has 4 nitrogen and oxygen atoms in total. The molecular formula is C13H18N4. The average molecular weight is 230 g/mol. The van der Waals surface area contributed by atoms with E-state index in [0.29, 0.717) is 0 Å². The van der Waals surface area contributed by atoms with Gasteiger partial charge in [-0.25, -0.2) is 4.98 Å². The fourth-order valence-corrected chi connectivity index (χ4v) is 1.91. The highest BCUT2D eigenvalue weighted by Crippen LogP contribution is 2.25. The van der Waals surface area contributed by atoms with E-state index in [1.54, 1.807) is 0 Å². The predicted octanol–water partition coefficient (Wildman–Crippen LogP) is 2.55. The second kappa shape index (κ2) is 4.57. The third-order valence-corrected chi connectivity index (χ3v) is 2.83. The number of pyridine rings is 1. The van der Waals surface area contributed by atoms with Crippen molar-refractivity contribution in [2.45, 2.75) is 33.7 Å². The summed E-state index contributed by atoms with van der Waals surface area (Å²) in [7, 11) is 0. The van der Waals surface area contributed by atoms with Gasteiger partial charge in [-0.1, -0.05) is 6.92 Å². The normalized spacial score (nSPS) is 10.8. The molecule has 17 heavy (non-hydrogen) atoms. The molecule has 0 saturated heterocycles. The summed E-state index contributed by atoms with van der Waals surface area (Å²) in [6, 6.07) is 3.99. The molecule has 4 heteroatoms. The number of aryl methyl sites for hydroxylation is 2. The maximum absolute atomic E-state index is 6.13. The van der Waals surface area contributed by atoms with Gasteiger partial charge in [0.25, 0.3) is 0 Å². The van der Waals surface area contributed by atoms with Gasteiger partial charge in [0.1, 0.15) is 17.3 Å². The first-order valence-corrected chi connectivity index (χ1v) is 5.89. The molecule has 2 heterocycles. The largest absolute Gasteiger partial charge is 0.383 e. The Bertz CT molecular complexity index is 511. The van der Waals surface area contributed by atoms with Gasteiger partial charge in [0.05, 0.1) is 0 Å². The van der Waals surface area contributed by atoms with Crippen LogP contribution < -0.4 is 5.73 Å². The summed E-state index contributed by atoms with van der Waals surface area (Å²) in [6.07, 6.45) is 2.87. The number of nitrogens with two attached hydrogens (primary N) is 1. The van der Waals surface area contributed by atoms with Gasteiger partial charge in [-0.3, -0.25) is 4.98 Å². The number of nitrogens with zero attached hydrogens (tertiary/aromatic N) is 3. The summed E-state index contributed by atoms with van der Waals surface area (Å²) in [5, 5.41) is 0. The van der Waals surface area contributed by atoms with Crippen LogP contribution in [-0.4, -0.2) is 14.5 Å². The minimum Gasteiger partial charge on any atom is -0.383 e. The molecule has 0 amide bonds. The van der Waals surface area contributed by atoms with E-state index < -0.39 is 0 Å². The Balaban J connectivity index is 2.46. The standard InChI is InChI=1S/C13H18N4/c1-4-7-17-10(3)16-12(13(17)14)11-6-5-9(2)15-8-11/h5-6,8H,4,7,14H2,1-3H3. The Labute approximate surface area is 102 Å². The van der Waals surface area contributed by atoms with Gasteiger partial charge >= 0.3 is 0 Å². The van der Waals surface area contributed by atoms with Crippen LogP contribution in [0.3, 0.4) is 0 Å². The van der Waals surface area contributed by atoms with Crippen LogP contribution in [0.15, 0.2) is 18.3 Å². The van der Waals surface area contributed by atoms with Gasteiger partial charge in [0, 0.05) is 24.0 Å². The van der Waals surface area contributed by atoms with Crippen molar-refractivity contribution in [2.75, 3.05) is 5.73 Å². The molecule has 0 fully saturated rings. The molecule has 0 unspecified atom stereocenters. The maximum Gasteiger partial charge on any atom is 0.131 e. The molecule has 2 aromatic rings. The van der Waals surface area contributed by atoms with Crippen LogP contribution >= 0.6 is 0 Å². The van der Waals surface area contributed by atoms with Gasteiger partial charge in [0.2, 0.25) is 0 Å². The number of imidazole rings is 1. The van der Waals surface area contributed by atoms with Crippen molar-refractivity contribution in [1.29, 1.82) is 0 Å². The van der Waals surface area contributed by atoms with E-state index in [1.807, 2.05) is 32.2 Å². The Morgan fingerprint density at radius 1 is 1.29 bits per heavy atom. The highest BCUT2D eigenvalue weighted by Gasteiger charge is 2.12. The fourth-order valence-electron chi connectivity index (χ4n) is 1.91. The molecule has 0 spiro atoms. The third-order valence-electron chi connectivity index (χ3n) is 2.83. The number of anilines is 1. The van der Waals surface area contributed by atoms with E-state index in [-0.39, 0.29) is 0 Å². The molecule has 2 N–H and O–H groups in total. The van der Waals surface area contributed by atoms with E-state index in [2.05, 4.69) is 21.5 Å². The minimum atomic E-state index is 0.731. The molecule has 0 aliphatic carbocycles. The van der Waals surface area contributed by atoms with E-state index >= 15 is 0 Å². The van der Waals surface area contributed by atoms with Crippen LogP contribution in [0.25, 0.3) is 11.3 Å². The van der Waals surface area contributed by atoms with E-state index in [4.69, 9.17) is 5.73 Å². The number of hydrogen-bond acceptors (Lipinski definition) is 3. The number of rotatable bonds is 3. The summed E-state index contributed by atoms with van der Waals surface area (Å²) in [6.45, 7) is 6.99. The molecule has 0 radical (unpaired) electrons. The lowest BCUT2D eigenvalue weighted by atomic mass is 10.2. The van der Waals surface area contributed by atoms with Crippen LogP contribution in [0, 0.1) is 13.8 Å². The number of hydrogen-bond donors (Lipinski definition) is 1. The van der Waals surface area contributed by atoms with Crippen LogP contribution in [0.4, 0.5) is 5.82 Å². The van der Waals surface area contributed by atoms with E-state index in [1.165, 1.54) is 0 Å². The maximum atomic E-state index is 6.13. The van der Waals surface area contributed by atoms with Crippen molar-refractivity contribution >= 4 is 5.82 Å². The van der Waals surface area contributed by atoms with Crippen molar-refractivity contribution in [3.8, 4) is 11.3 Å². The average Bonchev–Trinajstić information content (AvgIpc) is 2.59. The summed E-state index contributed by atoms with van der Waals surface area (Å²) >= 11 is 0. The van der Waals surface area contributed by atoms with Crippen molar-refractivity contribution in [1.82, 2.24) is 14.5 Å². The van der Waals surface area contributed by atoms with E-state index in [0.717, 1.165) is 41.6 Å². The monoisotopic (exact) mass is 230 g/mol. The summed E-state index contributed by atoms with van der Waals surface area (Å²) in [4.78, 5) is 8.80. The van der Waals surface area contributed by atoms with Gasteiger partial charge in [-0.05, 0) is 32.4 Å². The highest BCUT2D eigenvalue weighted by atomic mass is 15.1. The Kier molecular flexibility index (Phi) is 3.13. The lowest BCUT2D eigenvalue weighted by molar-refractivity contribution is 0.665. The van der Waals surface area contributed by atoms with Gasteiger partial charge < -0.3 is 10.3 Å². The lowest BCUT2D eigenvalue weighted by Gasteiger charge is -2.05. The molecule has 0 bridgehead atoms. The summed E-state index contributed by atoms with van der Waals surface area (Å²) in [5.41, 5.74) is 8.94. The van der Waals surface area contributed by atoms with Crippen LogP contribution in [0.5, 0.6) is 0 Å². The summed E-state index contributed by atoms with van der Waals surface area (Å²) < 4.78 is 2.05. The number of nitrogen functional groups attached to an aromatic ring is 1. The molecule has 0 aliphatic heterocycles. The zero-order valence-electron chi connectivity index (χ0n) is 10.6. The van der Waals surface area contributed by atoms with Crippen molar-refractivity contribution in [3.63, 3.8) is 0 Å². The first kappa shape index (κ1) is 11.6. The van der Waals surface area contributed by atoms with Crippen LogP contribution in [0.2, 0.25) is 0 Å². The molecule has 0 aliphatic rings. The first-order chi connectivity index (χ1) is 8.13. The quantitative estimate of drug-likeness (QED) is 0.881. The smallest absolute Gasteiger partial charge is 0.131 e. The molecule has 2 rings (SSSR count). The fraction of sp³-hybridized carbons (Fsp3) is 0.385. The van der Waals surface area contributed by atoms with Crippen LogP contribution in [-0.2, 0) is 6.54 Å². The minimum absolute atomic E-state index is 0.731. The SMILES string of the molecule is CCCn1c(C)nc(-c2ccc(C)nc2)c1N. The molecular weight excluding hydrogens is 212 g/mol. The Morgan fingerprint density at radius 3 is 2.65 bits per heavy atom. The van der Waals surface area contributed by atoms with E-state index in [9.17, 15) is 0 Å². The topological polar surface area (TPSA) is 56.7 Å². The molecule has 2 aromatic heterocycles. The highest BCUT2D eigenvalue weighted by molar-refractivity contribution is 5.70. The number of aromatic nitrogens is 3. The van der Waals surface area contributed by atoms with Crippen molar-refractivity contribution in [2.24, 2.45) is 0 Å². The zero-order chi connectivity index (χ0) is 12.4. The third kappa shape index (κ3) is 2.16. The molecule has 0 atom stereocenters. The lowest BCUT2D eigenvalue weighted by Crippen LogP contribution is -2.04. The first-order valence-electron chi connectivity index (χ1n) is 5.89. The van der Waals surface area contributed by atoms with Crippen LogP contribution in [0.1, 0.15) is 24.9 Å². The predicted molar refractivity (Wildman–Crippen MR) is 69.6 cm³/mol. The molecule has 0 saturated carbocycles. The molecule has 0 aromatic carbocycles. The van der Waals surface area contributed by atoms with Gasteiger partial charge in [-0.15, -0.1) is 0 Å².